The first kappa shape index (κ1) is 15.9. The molecule has 1 aliphatic heterocycles. The minimum atomic E-state index is -0.173. The summed E-state index contributed by atoms with van der Waals surface area (Å²) in [6.45, 7) is 8.59. The summed E-state index contributed by atoms with van der Waals surface area (Å²) < 4.78 is 14.2. The molecule has 0 bridgehead atoms. The smallest absolute Gasteiger partial charge is 0.137 e. The van der Waals surface area contributed by atoms with Crippen LogP contribution in [0.2, 0.25) is 0 Å². The fourth-order valence-electron chi connectivity index (χ4n) is 2.74. The summed E-state index contributed by atoms with van der Waals surface area (Å²) in [5.41, 5.74) is 1.03. The molecular weight excluding hydrogens is 319 g/mol. The molecule has 0 aliphatic carbocycles. The summed E-state index contributed by atoms with van der Waals surface area (Å²) in [6.07, 6.45) is 2.49. The van der Waals surface area contributed by atoms with Crippen molar-refractivity contribution in [2.75, 3.05) is 19.6 Å². The van der Waals surface area contributed by atoms with E-state index in [9.17, 15) is 4.39 Å². The lowest BCUT2D eigenvalue weighted by Gasteiger charge is -2.33. The van der Waals surface area contributed by atoms with E-state index in [1.807, 2.05) is 6.07 Å². The van der Waals surface area contributed by atoms with E-state index in [0.717, 1.165) is 37.7 Å². The van der Waals surface area contributed by atoms with Crippen LogP contribution >= 0.6 is 15.9 Å². The van der Waals surface area contributed by atoms with Crippen molar-refractivity contribution in [3.05, 3.63) is 34.1 Å². The zero-order valence-corrected chi connectivity index (χ0v) is 13.9. The highest BCUT2D eigenvalue weighted by molar-refractivity contribution is 9.10. The molecule has 4 heteroatoms. The van der Waals surface area contributed by atoms with Gasteiger partial charge in [0.05, 0.1) is 4.47 Å². The van der Waals surface area contributed by atoms with E-state index in [1.165, 1.54) is 18.9 Å². The van der Waals surface area contributed by atoms with E-state index in [-0.39, 0.29) is 5.82 Å². The predicted molar refractivity (Wildman–Crippen MR) is 85.2 cm³/mol. The lowest BCUT2D eigenvalue weighted by atomic mass is 9.96. The highest BCUT2D eigenvalue weighted by atomic mass is 79.9. The van der Waals surface area contributed by atoms with Crippen LogP contribution in [-0.4, -0.2) is 30.6 Å². The zero-order chi connectivity index (χ0) is 14.5. The summed E-state index contributed by atoms with van der Waals surface area (Å²) in [4.78, 5) is 2.45. The van der Waals surface area contributed by atoms with Gasteiger partial charge < -0.3 is 5.32 Å². The van der Waals surface area contributed by atoms with Gasteiger partial charge in [-0.2, -0.15) is 0 Å². The van der Waals surface area contributed by atoms with Crippen molar-refractivity contribution >= 4 is 15.9 Å². The molecule has 112 valence electrons. The number of nitrogens with one attached hydrogen (secondary N) is 1. The topological polar surface area (TPSA) is 15.3 Å². The fraction of sp³-hybridized carbons (Fsp3) is 0.625. The summed E-state index contributed by atoms with van der Waals surface area (Å²) in [5, 5.41) is 3.41. The van der Waals surface area contributed by atoms with Gasteiger partial charge in [-0.25, -0.2) is 4.39 Å². The third-order valence-corrected chi connectivity index (χ3v) is 4.97. The van der Waals surface area contributed by atoms with Gasteiger partial charge in [0, 0.05) is 19.1 Å². The molecule has 0 atom stereocenters. The van der Waals surface area contributed by atoms with Crippen molar-refractivity contribution in [2.24, 2.45) is 5.92 Å². The molecule has 0 radical (unpaired) electrons. The van der Waals surface area contributed by atoms with Gasteiger partial charge >= 0.3 is 0 Å². The van der Waals surface area contributed by atoms with Gasteiger partial charge in [0.15, 0.2) is 0 Å². The van der Waals surface area contributed by atoms with E-state index < -0.39 is 0 Å². The van der Waals surface area contributed by atoms with Crippen LogP contribution in [0.1, 0.15) is 32.3 Å². The summed E-state index contributed by atoms with van der Waals surface area (Å²) in [6, 6.07) is 5.77. The van der Waals surface area contributed by atoms with Gasteiger partial charge in [-0.15, -0.1) is 0 Å². The van der Waals surface area contributed by atoms with Crippen LogP contribution in [-0.2, 0) is 6.54 Å². The Hall–Kier alpha value is -0.450. The highest BCUT2D eigenvalue weighted by Crippen LogP contribution is 2.24. The Morgan fingerprint density at radius 1 is 1.35 bits per heavy atom. The van der Waals surface area contributed by atoms with Crippen LogP contribution in [0.5, 0.6) is 0 Å². The van der Waals surface area contributed by atoms with E-state index >= 15 is 0 Å². The second-order valence-electron chi connectivity index (χ2n) is 5.93. The monoisotopic (exact) mass is 342 g/mol. The Morgan fingerprint density at radius 3 is 2.70 bits per heavy atom. The molecule has 1 N–H and O–H groups in total. The molecule has 20 heavy (non-hydrogen) atoms. The Morgan fingerprint density at radius 2 is 2.05 bits per heavy atom. The lowest BCUT2D eigenvalue weighted by molar-refractivity contribution is 0.161. The van der Waals surface area contributed by atoms with E-state index in [1.54, 1.807) is 6.07 Å². The third kappa shape index (κ3) is 4.27. The van der Waals surface area contributed by atoms with Gasteiger partial charge in [-0.05, 0) is 73.3 Å². The predicted octanol–water partition coefficient (Wildman–Crippen LogP) is 3.80. The molecule has 0 aromatic heterocycles. The lowest BCUT2D eigenvalue weighted by Crippen LogP contribution is -2.39. The van der Waals surface area contributed by atoms with Crippen LogP contribution in [0, 0.1) is 11.7 Å². The molecule has 1 heterocycles. The van der Waals surface area contributed by atoms with Crippen LogP contribution in [0.4, 0.5) is 4.39 Å². The first-order valence-electron chi connectivity index (χ1n) is 7.45. The minimum absolute atomic E-state index is 0.173. The maximum atomic E-state index is 13.6. The van der Waals surface area contributed by atoms with Crippen molar-refractivity contribution < 1.29 is 4.39 Å². The van der Waals surface area contributed by atoms with Gasteiger partial charge in [0.2, 0.25) is 0 Å². The Kier molecular flexibility index (Phi) is 6.00. The molecule has 0 unspecified atom stereocenters. The number of nitrogens with zero attached hydrogens (tertiary/aromatic N) is 1. The SMILES string of the molecule is CC(C)N(Cc1cccc(F)c1Br)CC1CCNCC1. The molecule has 1 aromatic rings. The number of rotatable bonds is 5. The second kappa shape index (κ2) is 7.53. The molecule has 2 nitrogen and oxygen atoms in total. The molecule has 0 spiro atoms. The third-order valence-electron chi connectivity index (χ3n) is 4.09. The number of hydrogen-bond acceptors (Lipinski definition) is 2. The van der Waals surface area contributed by atoms with Crippen molar-refractivity contribution in [1.29, 1.82) is 0 Å². The Labute approximate surface area is 129 Å². The average Bonchev–Trinajstić information content (AvgIpc) is 2.44. The van der Waals surface area contributed by atoms with Crippen molar-refractivity contribution in [3.8, 4) is 0 Å². The van der Waals surface area contributed by atoms with E-state index in [0.29, 0.717) is 10.5 Å². The number of benzene rings is 1. The number of halogens is 2. The minimum Gasteiger partial charge on any atom is -0.317 e. The fourth-order valence-corrected chi connectivity index (χ4v) is 3.13. The maximum absolute atomic E-state index is 13.6. The van der Waals surface area contributed by atoms with Gasteiger partial charge in [0.1, 0.15) is 5.82 Å². The molecule has 1 fully saturated rings. The van der Waals surface area contributed by atoms with Gasteiger partial charge in [-0.3, -0.25) is 4.90 Å². The maximum Gasteiger partial charge on any atom is 0.137 e. The van der Waals surface area contributed by atoms with E-state index in [4.69, 9.17) is 0 Å². The van der Waals surface area contributed by atoms with Gasteiger partial charge in [0.25, 0.3) is 0 Å². The summed E-state index contributed by atoms with van der Waals surface area (Å²) >= 11 is 3.37. The molecule has 1 saturated heterocycles. The highest BCUT2D eigenvalue weighted by Gasteiger charge is 2.20. The normalized spacial score (nSPS) is 17.1. The van der Waals surface area contributed by atoms with Gasteiger partial charge in [-0.1, -0.05) is 12.1 Å². The molecular formula is C16H24BrFN2. The van der Waals surface area contributed by atoms with Crippen LogP contribution in [0.3, 0.4) is 0 Å². The largest absolute Gasteiger partial charge is 0.317 e. The van der Waals surface area contributed by atoms with E-state index in [2.05, 4.69) is 40.0 Å². The van der Waals surface area contributed by atoms with Crippen molar-refractivity contribution in [2.45, 2.75) is 39.3 Å². The number of hydrogen-bond donors (Lipinski definition) is 1. The Bertz CT molecular complexity index is 430. The van der Waals surface area contributed by atoms with Crippen LogP contribution in [0.25, 0.3) is 0 Å². The zero-order valence-electron chi connectivity index (χ0n) is 12.3. The average molecular weight is 343 g/mol. The first-order valence-corrected chi connectivity index (χ1v) is 8.25. The molecule has 2 rings (SSSR count). The van der Waals surface area contributed by atoms with Crippen LogP contribution < -0.4 is 5.32 Å². The summed E-state index contributed by atoms with van der Waals surface area (Å²) in [5.74, 6) is 0.582. The first-order chi connectivity index (χ1) is 9.58. The quantitative estimate of drug-likeness (QED) is 0.875. The summed E-state index contributed by atoms with van der Waals surface area (Å²) in [7, 11) is 0. The second-order valence-corrected chi connectivity index (χ2v) is 6.72. The Balaban J connectivity index is 2.03. The number of piperidine rings is 1. The standard InChI is InChI=1S/C16H24BrFN2/c1-12(2)20(10-13-6-8-19-9-7-13)11-14-4-3-5-15(18)16(14)17/h3-5,12-13,19H,6-11H2,1-2H3. The molecule has 0 amide bonds. The van der Waals surface area contributed by atoms with Crippen molar-refractivity contribution in [1.82, 2.24) is 10.2 Å². The van der Waals surface area contributed by atoms with Crippen LogP contribution in [0.15, 0.2) is 22.7 Å². The molecule has 1 aliphatic rings. The molecule has 0 saturated carbocycles. The van der Waals surface area contributed by atoms with Crippen molar-refractivity contribution in [3.63, 3.8) is 0 Å². The molecule has 1 aromatic carbocycles.